The molecule has 2 fully saturated rings. The summed E-state index contributed by atoms with van der Waals surface area (Å²) in [5.74, 6) is 1.30. The molecule has 4 unspecified atom stereocenters. The van der Waals surface area contributed by atoms with Crippen molar-refractivity contribution in [1.29, 1.82) is 0 Å². The third kappa shape index (κ3) is 8.57. The number of benzene rings is 4. The highest BCUT2D eigenvalue weighted by Crippen LogP contribution is 2.64. The lowest BCUT2D eigenvalue weighted by Gasteiger charge is -2.37. The minimum atomic E-state index is -1.38. The molecule has 2 heterocycles. The summed E-state index contributed by atoms with van der Waals surface area (Å²) in [6.45, 7) is -0.501. The van der Waals surface area contributed by atoms with Crippen LogP contribution in [0.5, 0.6) is 11.5 Å². The van der Waals surface area contributed by atoms with Crippen molar-refractivity contribution in [2.24, 2.45) is 0 Å². The van der Waals surface area contributed by atoms with E-state index in [0.29, 0.717) is 24.9 Å². The molecule has 58 heavy (non-hydrogen) atoms. The molecule has 1 aliphatic carbocycles. The van der Waals surface area contributed by atoms with E-state index in [1.807, 2.05) is 55.6 Å². The normalized spacial score (nSPS) is 26.8. The summed E-state index contributed by atoms with van der Waals surface area (Å²) < 4.78 is 9.87. The van der Waals surface area contributed by atoms with Gasteiger partial charge < -0.3 is 29.5 Å². The summed E-state index contributed by atoms with van der Waals surface area (Å²) in [6.07, 6.45) is 6.49. The standard InChI is InChI=1S/C45H48N2O7S4/c1-46-39-25-43(39,26-48)56-42(35-17-21-37(54-4)22-18-35)58-44(46,27-49)24-33-13-9-31(10-14-33)6-5-30-7-11-32(12-8-30)23-38-40(52)47(2)45(28-50,29-51)57-41(55-38)34-15-19-36(53-3)20-16-34/h7-22,25,27-28,38,41-42,48,51H,5-6,23-24,26,29H2,1-4H3/t38?,41?,42?,43?,44-,45-/m0/s1. The number of likely N-dealkylation sites (N-methyl/N-ethyl adjacent to an activating group) is 2. The largest absolute Gasteiger partial charge is 0.497 e. The van der Waals surface area contributed by atoms with E-state index in [1.165, 1.54) is 39.6 Å². The maximum atomic E-state index is 13.8. The number of aryl methyl sites for hydroxylation is 2. The van der Waals surface area contributed by atoms with Crippen LogP contribution in [0.1, 0.15) is 42.5 Å². The molecule has 2 N–H and O–H groups in total. The number of ether oxygens (including phenoxy) is 2. The van der Waals surface area contributed by atoms with Crippen LogP contribution < -0.4 is 9.47 Å². The summed E-state index contributed by atoms with van der Waals surface area (Å²) in [5, 5.41) is 20.3. The Morgan fingerprint density at radius 3 is 1.64 bits per heavy atom. The summed E-state index contributed by atoms with van der Waals surface area (Å²) in [5.41, 5.74) is 7.45. The third-order valence-electron chi connectivity index (χ3n) is 11.3. The van der Waals surface area contributed by atoms with E-state index in [4.69, 9.17) is 9.47 Å². The molecule has 2 saturated heterocycles. The van der Waals surface area contributed by atoms with Crippen molar-refractivity contribution in [3.8, 4) is 11.5 Å². The minimum absolute atomic E-state index is 0.0206. The first-order valence-electron chi connectivity index (χ1n) is 19.1. The number of amides is 1. The van der Waals surface area contributed by atoms with Gasteiger partial charge in [0.2, 0.25) is 5.91 Å². The lowest BCUT2D eigenvalue weighted by atomic mass is 9.99. The number of fused-ring (bicyclic) bond motifs is 1. The molecule has 304 valence electrons. The Labute approximate surface area is 357 Å². The van der Waals surface area contributed by atoms with Gasteiger partial charge in [0, 0.05) is 26.2 Å². The van der Waals surface area contributed by atoms with Gasteiger partial charge in [-0.1, -0.05) is 72.8 Å². The highest BCUT2D eigenvalue weighted by atomic mass is 32.2. The van der Waals surface area contributed by atoms with Crippen molar-refractivity contribution >= 4 is 65.5 Å². The van der Waals surface area contributed by atoms with Gasteiger partial charge in [0.25, 0.3) is 0 Å². The Balaban J connectivity index is 1.00. The van der Waals surface area contributed by atoms with Crippen LogP contribution in [0, 0.1) is 0 Å². The molecule has 0 bridgehead atoms. The zero-order valence-corrected chi connectivity index (χ0v) is 36.2. The quantitative estimate of drug-likeness (QED) is 0.119. The molecule has 1 amide bonds. The maximum absolute atomic E-state index is 13.8. The molecule has 9 nitrogen and oxygen atoms in total. The number of aliphatic hydroxyl groups is 2. The maximum Gasteiger partial charge on any atom is 0.237 e. The molecule has 4 aromatic carbocycles. The Kier molecular flexibility index (Phi) is 13.0. The van der Waals surface area contributed by atoms with Crippen LogP contribution in [0.3, 0.4) is 0 Å². The number of carbonyl (C=O) groups is 3. The number of hydrogen-bond donors (Lipinski definition) is 2. The van der Waals surface area contributed by atoms with Crippen molar-refractivity contribution in [2.45, 2.75) is 54.6 Å². The summed E-state index contributed by atoms with van der Waals surface area (Å²) in [6, 6.07) is 32.4. The fourth-order valence-electron chi connectivity index (χ4n) is 7.41. The van der Waals surface area contributed by atoms with Crippen molar-refractivity contribution in [3.63, 3.8) is 0 Å². The Morgan fingerprint density at radius 1 is 0.638 bits per heavy atom. The zero-order chi connectivity index (χ0) is 41.1. The first kappa shape index (κ1) is 42.3. The van der Waals surface area contributed by atoms with Crippen LogP contribution in [0.2, 0.25) is 0 Å². The van der Waals surface area contributed by atoms with Crippen LogP contribution in [0.25, 0.3) is 0 Å². The minimum Gasteiger partial charge on any atom is -0.497 e. The van der Waals surface area contributed by atoms with Crippen LogP contribution >= 0.6 is 47.0 Å². The molecule has 0 spiro atoms. The van der Waals surface area contributed by atoms with Crippen LogP contribution in [-0.4, -0.2) is 99.8 Å². The van der Waals surface area contributed by atoms with E-state index in [-0.39, 0.29) is 21.7 Å². The lowest BCUT2D eigenvalue weighted by Crippen LogP contribution is -2.52. The first-order valence-corrected chi connectivity index (χ1v) is 22.6. The first-order chi connectivity index (χ1) is 28.0. The molecule has 0 radical (unpaired) electrons. The molecule has 13 heteroatoms. The topological polar surface area (TPSA) is 117 Å². The van der Waals surface area contributed by atoms with Crippen LogP contribution in [-0.2, 0) is 40.1 Å². The SMILES string of the molecule is COc1ccc(C2SC3(CO)C=C3N(C)[C@@](C=O)(Cc3ccc(CCc4ccc(CC5SC(c6ccc(OC)cc6)S[C@@](C=O)(CO)N(C)C5=O)cc4)cc3)S2)cc1. The van der Waals surface area contributed by atoms with Gasteiger partial charge in [0.05, 0.1) is 46.6 Å². The highest BCUT2D eigenvalue weighted by Gasteiger charge is 2.57. The second kappa shape index (κ2) is 17.8. The average molecular weight is 857 g/mol. The number of hydrogen-bond acceptors (Lipinski definition) is 12. The molecule has 7 rings (SSSR count). The number of aliphatic hydroxyl groups excluding tert-OH is 2. The summed E-state index contributed by atoms with van der Waals surface area (Å²) >= 11 is 6.10. The molecule has 0 saturated carbocycles. The molecular weight excluding hydrogens is 809 g/mol. The number of rotatable bonds is 15. The second-order valence-corrected chi connectivity index (χ2v) is 21.0. The number of carbonyl (C=O) groups excluding carboxylic acids is 3. The fraction of sp³-hybridized carbons (Fsp3) is 0.356. The number of thioether (sulfide) groups is 4. The van der Waals surface area contributed by atoms with E-state index < -0.39 is 26.3 Å². The summed E-state index contributed by atoms with van der Waals surface area (Å²) in [7, 11) is 6.81. The van der Waals surface area contributed by atoms with E-state index >= 15 is 0 Å². The predicted octanol–water partition coefficient (Wildman–Crippen LogP) is 7.10. The van der Waals surface area contributed by atoms with Crippen LogP contribution in [0.15, 0.2) is 109 Å². The van der Waals surface area contributed by atoms with Gasteiger partial charge in [0.1, 0.15) is 16.4 Å². The van der Waals surface area contributed by atoms with Gasteiger partial charge in [-0.15, -0.1) is 47.0 Å². The molecule has 2 aliphatic heterocycles. The average Bonchev–Trinajstić information content (AvgIpc) is 4.02. The Hall–Kier alpha value is -3.85. The second-order valence-electron chi connectivity index (χ2n) is 14.8. The van der Waals surface area contributed by atoms with Gasteiger partial charge in [-0.25, -0.2) is 0 Å². The number of nitrogens with zero attached hydrogens (tertiary/aromatic N) is 2. The van der Waals surface area contributed by atoms with Gasteiger partial charge in [0.15, 0.2) is 17.4 Å². The molecular formula is C45H48N2O7S4. The van der Waals surface area contributed by atoms with Crippen molar-refractivity contribution in [1.82, 2.24) is 9.80 Å². The zero-order valence-electron chi connectivity index (χ0n) is 32.9. The molecule has 4 aromatic rings. The predicted molar refractivity (Wildman–Crippen MR) is 236 cm³/mol. The van der Waals surface area contributed by atoms with Gasteiger partial charge in [-0.05, 0) is 83.0 Å². The van der Waals surface area contributed by atoms with Gasteiger partial charge in [-0.3, -0.25) is 14.4 Å². The molecule has 3 aliphatic rings. The van der Waals surface area contributed by atoms with Crippen molar-refractivity contribution < 1.29 is 34.1 Å². The van der Waals surface area contributed by atoms with E-state index in [1.54, 1.807) is 44.8 Å². The smallest absolute Gasteiger partial charge is 0.237 e. The van der Waals surface area contributed by atoms with Crippen LogP contribution in [0.4, 0.5) is 0 Å². The van der Waals surface area contributed by atoms with E-state index in [9.17, 15) is 24.6 Å². The monoisotopic (exact) mass is 856 g/mol. The van der Waals surface area contributed by atoms with Gasteiger partial charge in [-0.2, -0.15) is 0 Å². The molecule has 6 atom stereocenters. The number of methoxy groups -OCH3 is 2. The van der Waals surface area contributed by atoms with E-state index in [0.717, 1.165) is 52.8 Å². The van der Waals surface area contributed by atoms with Crippen molar-refractivity contribution in [2.75, 3.05) is 41.5 Å². The fourth-order valence-corrected chi connectivity index (χ4v) is 14.4. The molecule has 0 aromatic heterocycles. The highest BCUT2D eigenvalue weighted by molar-refractivity contribution is 8.18. The third-order valence-corrected chi connectivity index (χ3v) is 17.9. The summed E-state index contributed by atoms with van der Waals surface area (Å²) in [4.78, 5) is 40.5. The van der Waals surface area contributed by atoms with Crippen molar-refractivity contribution in [3.05, 3.63) is 142 Å². The number of aldehydes is 2. The van der Waals surface area contributed by atoms with E-state index in [2.05, 4.69) is 59.5 Å². The Morgan fingerprint density at radius 2 is 1.14 bits per heavy atom. The van der Waals surface area contributed by atoms with Gasteiger partial charge >= 0.3 is 0 Å². The Bertz CT molecular complexity index is 2120. The lowest BCUT2D eigenvalue weighted by molar-refractivity contribution is -0.136.